The van der Waals surface area contributed by atoms with Crippen LogP contribution in [-0.4, -0.2) is 37.4 Å². The first-order chi connectivity index (χ1) is 13.9. The van der Waals surface area contributed by atoms with Gasteiger partial charge in [0.25, 0.3) is 17.7 Å². The van der Waals surface area contributed by atoms with Gasteiger partial charge in [-0.3, -0.25) is 25.2 Å². The predicted octanol–water partition coefficient (Wildman–Crippen LogP) is 1.63. The lowest BCUT2D eigenvalue weighted by Gasteiger charge is -2.30. The lowest BCUT2D eigenvalue weighted by molar-refractivity contribution is -0.127. The van der Waals surface area contributed by atoms with Crippen LogP contribution in [0.2, 0.25) is 0 Å². The summed E-state index contributed by atoms with van der Waals surface area (Å²) in [7, 11) is 0. The number of para-hydroxylation sites is 1. The largest absolute Gasteiger partial charge is 0.362 e. The maximum absolute atomic E-state index is 12.2. The van der Waals surface area contributed by atoms with Gasteiger partial charge in [0, 0.05) is 17.8 Å². The molecule has 152 valence electrons. The summed E-state index contributed by atoms with van der Waals surface area (Å²) >= 11 is 0. The molecule has 0 fully saturated rings. The summed E-state index contributed by atoms with van der Waals surface area (Å²) < 4.78 is 0. The highest BCUT2D eigenvalue weighted by Crippen LogP contribution is 2.26. The minimum atomic E-state index is -0.491. The third-order valence-corrected chi connectivity index (χ3v) is 5.06. The van der Waals surface area contributed by atoms with Crippen LogP contribution < -0.4 is 21.1 Å². The molecule has 0 aromatic heterocycles. The smallest absolute Gasteiger partial charge is 0.257 e. The molecule has 0 unspecified atom stereocenters. The van der Waals surface area contributed by atoms with Gasteiger partial charge < -0.3 is 10.2 Å². The summed E-state index contributed by atoms with van der Waals surface area (Å²) in [5.74, 6) is -1.13. The Labute approximate surface area is 170 Å². The summed E-state index contributed by atoms with van der Waals surface area (Å²) in [6.45, 7) is 4.63. The Morgan fingerprint density at radius 2 is 1.72 bits per heavy atom. The Balaban J connectivity index is 1.43. The van der Waals surface area contributed by atoms with Crippen LogP contribution in [0.1, 0.15) is 33.5 Å². The second-order valence-electron chi connectivity index (χ2n) is 7.23. The molecule has 0 atom stereocenters. The number of hydrazine groups is 1. The molecule has 2 aromatic carbocycles. The molecule has 3 rings (SSSR count). The van der Waals surface area contributed by atoms with E-state index in [1.54, 1.807) is 12.1 Å². The van der Waals surface area contributed by atoms with Gasteiger partial charge in [0.1, 0.15) is 0 Å². The van der Waals surface area contributed by atoms with Gasteiger partial charge in [-0.15, -0.1) is 0 Å². The summed E-state index contributed by atoms with van der Waals surface area (Å²) in [5.41, 5.74) is 9.63. The van der Waals surface area contributed by atoms with E-state index in [0.29, 0.717) is 5.56 Å². The number of anilines is 1. The van der Waals surface area contributed by atoms with Crippen molar-refractivity contribution in [1.29, 1.82) is 0 Å². The Hall–Kier alpha value is -3.35. The lowest BCUT2D eigenvalue weighted by atomic mass is 10.0. The van der Waals surface area contributed by atoms with Crippen molar-refractivity contribution in [3.05, 3.63) is 64.7 Å². The summed E-state index contributed by atoms with van der Waals surface area (Å²) in [5, 5.41) is 2.55. The molecule has 1 aliphatic heterocycles. The summed E-state index contributed by atoms with van der Waals surface area (Å²) in [6, 6.07) is 13.4. The Bertz CT molecular complexity index is 926. The molecule has 0 saturated carbocycles. The van der Waals surface area contributed by atoms with Crippen molar-refractivity contribution in [1.82, 2.24) is 16.2 Å². The van der Waals surface area contributed by atoms with Crippen molar-refractivity contribution >= 4 is 23.4 Å². The zero-order chi connectivity index (χ0) is 20.8. The number of carbonyl (C=O) groups excluding carboxylic acids is 3. The van der Waals surface area contributed by atoms with Crippen LogP contribution in [-0.2, 0) is 16.0 Å². The van der Waals surface area contributed by atoms with Crippen LogP contribution in [0.15, 0.2) is 42.5 Å². The highest BCUT2D eigenvalue weighted by molar-refractivity contribution is 5.97. The number of nitrogens with one attached hydrogen (secondary N) is 3. The van der Waals surface area contributed by atoms with Crippen molar-refractivity contribution in [2.45, 2.75) is 26.7 Å². The third kappa shape index (κ3) is 5.34. The number of hydrogen-bond acceptors (Lipinski definition) is 4. The minimum Gasteiger partial charge on any atom is -0.362 e. The zero-order valence-corrected chi connectivity index (χ0v) is 16.7. The minimum absolute atomic E-state index is 0.159. The maximum atomic E-state index is 12.2. The van der Waals surface area contributed by atoms with Crippen LogP contribution in [0, 0.1) is 13.8 Å². The third-order valence-electron chi connectivity index (χ3n) is 5.06. The molecule has 0 bridgehead atoms. The number of carbonyl (C=O) groups is 3. The molecule has 0 radical (unpaired) electrons. The van der Waals surface area contributed by atoms with Gasteiger partial charge in [0.05, 0.1) is 13.1 Å². The van der Waals surface area contributed by atoms with E-state index < -0.39 is 5.91 Å². The zero-order valence-electron chi connectivity index (χ0n) is 16.7. The van der Waals surface area contributed by atoms with E-state index in [1.165, 1.54) is 5.56 Å². The summed E-state index contributed by atoms with van der Waals surface area (Å²) in [4.78, 5) is 38.3. The van der Waals surface area contributed by atoms with Gasteiger partial charge in [0.15, 0.2) is 0 Å². The molecule has 1 aliphatic rings. The Kier molecular flexibility index (Phi) is 6.49. The van der Waals surface area contributed by atoms with E-state index in [2.05, 4.69) is 22.2 Å². The van der Waals surface area contributed by atoms with Gasteiger partial charge in [-0.1, -0.05) is 24.3 Å². The summed E-state index contributed by atoms with van der Waals surface area (Å²) in [6.07, 6.45) is 1.99. The van der Waals surface area contributed by atoms with Gasteiger partial charge in [-0.2, -0.15) is 0 Å². The second-order valence-corrected chi connectivity index (χ2v) is 7.23. The number of amides is 3. The first kappa shape index (κ1) is 20.4. The van der Waals surface area contributed by atoms with Crippen molar-refractivity contribution < 1.29 is 14.4 Å². The van der Waals surface area contributed by atoms with E-state index in [9.17, 15) is 14.4 Å². The lowest BCUT2D eigenvalue weighted by Crippen LogP contribution is -2.49. The van der Waals surface area contributed by atoms with E-state index in [4.69, 9.17) is 0 Å². The predicted molar refractivity (Wildman–Crippen MR) is 112 cm³/mol. The first-order valence-corrected chi connectivity index (χ1v) is 9.70. The van der Waals surface area contributed by atoms with E-state index >= 15 is 0 Å². The number of aryl methyl sites for hydroxylation is 3. The number of benzene rings is 2. The molecule has 0 saturated heterocycles. The maximum Gasteiger partial charge on any atom is 0.257 e. The van der Waals surface area contributed by atoms with Crippen molar-refractivity contribution in [2.75, 3.05) is 24.5 Å². The molecule has 7 heteroatoms. The van der Waals surface area contributed by atoms with Crippen LogP contribution >= 0.6 is 0 Å². The van der Waals surface area contributed by atoms with Crippen LogP contribution in [0.25, 0.3) is 0 Å². The molecule has 7 nitrogen and oxygen atoms in total. The number of rotatable bonds is 5. The van der Waals surface area contributed by atoms with Gasteiger partial charge in [0.2, 0.25) is 0 Å². The second kappa shape index (κ2) is 9.23. The highest BCUT2D eigenvalue weighted by Gasteiger charge is 2.19. The van der Waals surface area contributed by atoms with Crippen LogP contribution in [0.4, 0.5) is 5.69 Å². The Morgan fingerprint density at radius 1 is 0.966 bits per heavy atom. The van der Waals surface area contributed by atoms with E-state index in [-0.39, 0.29) is 24.9 Å². The molecule has 2 aromatic rings. The molecule has 3 N–H and O–H groups in total. The fourth-order valence-corrected chi connectivity index (χ4v) is 3.32. The SMILES string of the molecule is Cc1ccc(C(=O)NCC(=O)NNC(=O)CN2CCCc3ccccc32)cc1C. The van der Waals surface area contributed by atoms with E-state index in [1.807, 2.05) is 43.0 Å². The fourth-order valence-electron chi connectivity index (χ4n) is 3.32. The quantitative estimate of drug-likeness (QED) is 0.673. The molecule has 0 spiro atoms. The van der Waals surface area contributed by atoms with E-state index in [0.717, 1.165) is 36.2 Å². The standard InChI is InChI=1S/C22H26N4O3/c1-15-9-10-18(12-16(15)2)22(29)23-13-20(27)24-25-21(28)14-26-11-5-7-17-6-3-4-8-19(17)26/h3-4,6,8-10,12H,5,7,11,13-14H2,1-2H3,(H,23,29)(H,24,27)(H,25,28). The molecule has 0 aliphatic carbocycles. The molecule has 1 heterocycles. The van der Waals surface area contributed by atoms with Crippen molar-refractivity contribution in [3.8, 4) is 0 Å². The molecular formula is C22H26N4O3. The molecular weight excluding hydrogens is 368 g/mol. The topological polar surface area (TPSA) is 90.5 Å². The van der Waals surface area contributed by atoms with Gasteiger partial charge >= 0.3 is 0 Å². The Morgan fingerprint density at radius 3 is 2.52 bits per heavy atom. The number of hydrogen-bond donors (Lipinski definition) is 3. The average molecular weight is 394 g/mol. The monoisotopic (exact) mass is 394 g/mol. The van der Waals surface area contributed by atoms with Crippen molar-refractivity contribution in [2.24, 2.45) is 0 Å². The average Bonchev–Trinajstić information content (AvgIpc) is 2.72. The first-order valence-electron chi connectivity index (χ1n) is 9.70. The van der Waals surface area contributed by atoms with Gasteiger partial charge in [-0.05, 0) is 61.6 Å². The van der Waals surface area contributed by atoms with Crippen LogP contribution in [0.3, 0.4) is 0 Å². The van der Waals surface area contributed by atoms with Gasteiger partial charge in [-0.25, -0.2) is 0 Å². The molecule has 3 amide bonds. The fraction of sp³-hybridized carbons (Fsp3) is 0.318. The van der Waals surface area contributed by atoms with Crippen LogP contribution in [0.5, 0.6) is 0 Å². The number of fused-ring (bicyclic) bond motifs is 1. The van der Waals surface area contributed by atoms with Crippen molar-refractivity contribution in [3.63, 3.8) is 0 Å². The highest BCUT2D eigenvalue weighted by atomic mass is 16.2. The number of nitrogens with zero attached hydrogens (tertiary/aromatic N) is 1. The normalized spacial score (nSPS) is 12.7. The molecule has 29 heavy (non-hydrogen) atoms.